The van der Waals surface area contributed by atoms with Crippen molar-refractivity contribution >= 4 is 21.6 Å². The highest BCUT2D eigenvalue weighted by Gasteiger charge is 2.33. The number of ether oxygens (including phenoxy) is 1. The van der Waals surface area contributed by atoms with Crippen LogP contribution in [-0.4, -0.2) is 11.3 Å². The zero-order valence-electron chi connectivity index (χ0n) is 6.97. The van der Waals surface area contributed by atoms with Gasteiger partial charge >= 0.3 is 6.36 Å². The molecule has 0 saturated carbocycles. The molecule has 15 heavy (non-hydrogen) atoms. The Balaban J connectivity index is 3.23. The van der Waals surface area contributed by atoms with Crippen molar-refractivity contribution in [3.05, 3.63) is 16.4 Å². The molecule has 1 heterocycles. The number of anilines is 1. The number of alkyl halides is 3. The van der Waals surface area contributed by atoms with Crippen molar-refractivity contribution in [3.8, 4) is 11.8 Å². The number of rotatable bonds is 1. The lowest BCUT2D eigenvalue weighted by Crippen LogP contribution is -2.19. The Hall–Kier alpha value is -1.49. The zero-order valence-corrected chi connectivity index (χ0v) is 8.56. The maximum atomic E-state index is 11.9. The van der Waals surface area contributed by atoms with E-state index in [1.54, 1.807) is 6.07 Å². The Labute approximate surface area is 90.6 Å². The van der Waals surface area contributed by atoms with Crippen LogP contribution in [0.25, 0.3) is 0 Å². The number of halogens is 4. The number of nitrogens with zero attached hydrogens (tertiary/aromatic N) is 2. The first-order valence-electron chi connectivity index (χ1n) is 3.45. The summed E-state index contributed by atoms with van der Waals surface area (Å²) < 4.78 is 39.4. The number of nitriles is 1. The molecule has 80 valence electrons. The lowest BCUT2D eigenvalue weighted by atomic mass is 10.3. The maximum absolute atomic E-state index is 11.9. The van der Waals surface area contributed by atoms with Crippen molar-refractivity contribution in [3.63, 3.8) is 0 Å². The Kier molecular flexibility index (Phi) is 3.04. The molecule has 0 fully saturated rings. The van der Waals surface area contributed by atoms with Gasteiger partial charge in [0.1, 0.15) is 11.8 Å². The van der Waals surface area contributed by atoms with E-state index in [4.69, 9.17) is 11.0 Å². The Morgan fingerprint density at radius 3 is 2.60 bits per heavy atom. The summed E-state index contributed by atoms with van der Waals surface area (Å²) in [6.07, 6.45) is -3.86. The number of pyridine rings is 1. The lowest BCUT2D eigenvalue weighted by molar-refractivity contribution is -0.274. The molecule has 1 aromatic rings. The molecule has 2 N–H and O–H groups in total. The second kappa shape index (κ2) is 3.94. The summed E-state index contributed by atoms with van der Waals surface area (Å²) in [5.41, 5.74) is 4.49. The van der Waals surface area contributed by atoms with Crippen molar-refractivity contribution in [2.75, 3.05) is 5.73 Å². The molecule has 0 aliphatic heterocycles. The van der Waals surface area contributed by atoms with Crippen LogP contribution >= 0.6 is 15.9 Å². The molecule has 4 nitrogen and oxygen atoms in total. The summed E-state index contributed by atoms with van der Waals surface area (Å²) in [6.45, 7) is 0. The molecule has 0 unspecified atom stereocenters. The van der Waals surface area contributed by atoms with Gasteiger partial charge in [0.2, 0.25) is 0 Å². The Bertz CT molecular complexity index is 427. The van der Waals surface area contributed by atoms with E-state index in [0.29, 0.717) is 0 Å². The number of hydrogen-bond donors (Lipinski definition) is 1. The molecule has 8 heteroatoms. The van der Waals surface area contributed by atoms with Gasteiger partial charge in [-0.05, 0) is 15.9 Å². The molecular weight excluding hydrogens is 279 g/mol. The molecule has 0 aliphatic rings. The summed E-state index contributed by atoms with van der Waals surface area (Å²) in [5, 5.41) is 8.49. The summed E-state index contributed by atoms with van der Waals surface area (Å²) in [4.78, 5) is 3.51. The first kappa shape index (κ1) is 11.6. The molecule has 0 spiro atoms. The molecular formula is C7H3BrF3N3O. The van der Waals surface area contributed by atoms with Gasteiger partial charge in [-0.25, -0.2) is 4.98 Å². The predicted molar refractivity (Wildman–Crippen MR) is 47.7 cm³/mol. The van der Waals surface area contributed by atoms with Crippen LogP contribution in [0.3, 0.4) is 0 Å². The van der Waals surface area contributed by atoms with Crippen LogP contribution in [0.15, 0.2) is 10.7 Å². The van der Waals surface area contributed by atoms with E-state index >= 15 is 0 Å². The molecule has 0 atom stereocenters. The fraction of sp³-hybridized carbons (Fsp3) is 0.143. The quantitative estimate of drug-likeness (QED) is 0.857. The fourth-order valence-electron chi connectivity index (χ4n) is 0.794. The van der Waals surface area contributed by atoms with Gasteiger partial charge in [0.25, 0.3) is 0 Å². The minimum absolute atomic E-state index is 0.0728. The summed E-state index contributed by atoms with van der Waals surface area (Å²) >= 11 is 2.79. The van der Waals surface area contributed by atoms with Crippen molar-refractivity contribution in [2.45, 2.75) is 6.36 Å². The van der Waals surface area contributed by atoms with Crippen molar-refractivity contribution < 1.29 is 17.9 Å². The standard InChI is InChI=1S/C7H3BrF3N3O/c8-3-2-14-4(1-12)5(13)6(3)15-7(9,10)11/h2H,13H2. The third kappa shape index (κ3) is 2.73. The summed E-state index contributed by atoms with van der Waals surface area (Å²) in [5.74, 6) is -0.658. The summed E-state index contributed by atoms with van der Waals surface area (Å²) in [7, 11) is 0. The first-order valence-corrected chi connectivity index (χ1v) is 4.24. The van der Waals surface area contributed by atoms with E-state index in [0.717, 1.165) is 6.20 Å². The third-order valence-corrected chi connectivity index (χ3v) is 1.91. The Morgan fingerprint density at radius 2 is 2.13 bits per heavy atom. The average molecular weight is 282 g/mol. The molecule has 0 aromatic carbocycles. The summed E-state index contributed by atoms with van der Waals surface area (Å²) in [6, 6.07) is 1.54. The Morgan fingerprint density at radius 1 is 1.53 bits per heavy atom. The van der Waals surface area contributed by atoms with E-state index in [9.17, 15) is 13.2 Å². The van der Waals surface area contributed by atoms with E-state index in [1.807, 2.05) is 0 Å². The van der Waals surface area contributed by atoms with Crippen molar-refractivity contribution in [2.24, 2.45) is 0 Å². The largest absolute Gasteiger partial charge is 0.573 e. The number of hydrogen-bond acceptors (Lipinski definition) is 4. The highest BCUT2D eigenvalue weighted by molar-refractivity contribution is 9.10. The highest BCUT2D eigenvalue weighted by Crippen LogP contribution is 2.36. The van der Waals surface area contributed by atoms with E-state index in [1.165, 1.54) is 0 Å². The minimum atomic E-state index is -4.87. The molecule has 0 amide bonds. The second-order valence-corrected chi connectivity index (χ2v) is 3.21. The highest BCUT2D eigenvalue weighted by atomic mass is 79.9. The third-order valence-electron chi connectivity index (χ3n) is 1.35. The van der Waals surface area contributed by atoms with E-state index in [2.05, 4.69) is 25.7 Å². The number of nitrogens with two attached hydrogens (primary N) is 1. The molecule has 1 aromatic heterocycles. The van der Waals surface area contributed by atoms with Crippen molar-refractivity contribution in [1.82, 2.24) is 4.98 Å². The number of aromatic nitrogens is 1. The monoisotopic (exact) mass is 281 g/mol. The van der Waals surface area contributed by atoms with Gasteiger partial charge in [-0.1, -0.05) is 0 Å². The van der Waals surface area contributed by atoms with Crippen LogP contribution in [0.2, 0.25) is 0 Å². The van der Waals surface area contributed by atoms with Crippen LogP contribution in [0.5, 0.6) is 5.75 Å². The van der Waals surface area contributed by atoms with Gasteiger partial charge in [0, 0.05) is 6.20 Å². The van der Waals surface area contributed by atoms with E-state index < -0.39 is 17.8 Å². The molecule has 0 saturated heterocycles. The van der Waals surface area contributed by atoms with Gasteiger partial charge in [0.15, 0.2) is 11.4 Å². The predicted octanol–water partition coefficient (Wildman–Crippen LogP) is 2.20. The smallest absolute Gasteiger partial charge is 0.402 e. The molecule has 0 radical (unpaired) electrons. The SMILES string of the molecule is N#Cc1ncc(Br)c(OC(F)(F)F)c1N. The lowest BCUT2D eigenvalue weighted by Gasteiger charge is -2.12. The first-order chi connectivity index (χ1) is 6.85. The van der Waals surface area contributed by atoms with E-state index in [-0.39, 0.29) is 10.2 Å². The van der Waals surface area contributed by atoms with Gasteiger partial charge in [-0.2, -0.15) is 5.26 Å². The van der Waals surface area contributed by atoms with Crippen LogP contribution in [-0.2, 0) is 0 Å². The van der Waals surface area contributed by atoms with Crippen molar-refractivity contribution in [1.29, 1.82) is 5.26 Å². The van der Waals surface area contributed by atoms with Gasteiger partial charge < -0.3 is 10.5 Å². The topological polar surface area (TPSA) is 71.9 Å². The van der Waals surface area contributed by atoms with Crippen LogP contribution in [0.4, 0.5) is 18.9 Å². The number of nitrogen functional groups attached to an aromatic ring is 1. The minimum Gasteiger partial charge on any atom is -0.402 e. The second-order valence-electron chi connectivity index (χ2n) is 2.36. The maximum Gasteiger partial charge on any atom is 0.573 e. The van der Waals surface area contributed by atoms with Crippen LogP contribution in [0, 0.1) is 11.3 Å². The van der Waals surface area contributed by atoms with Crippen LogP contribution < -0.4 is 10.5 Å². The zero-order chi connectivity index (χ0) is 11.6. The fourth-order valence-corrected chi connectivity index (χ4v) is 1.19. The van der Waals surface area contributed by atoms with Crippen LogP contribution in [0.1, 0.15) is 5.69 Å². The van der Waals surface area contributed by atoms with Gasteiger partial charge in [0.05, 0.1) is 4.47 Å². The van der Waals surface area contributed by atoms with Gasteiger partial charge in [-0.3, -0.25) is 0 Å². The van der Waals surface area contributed by atoms with Gasteiger partial charge in [-0.15, -0.1) is 13.2 Å². The molecule has 0 aliphatic carbocycles. The molecule has 0 bridgehead atoms. The normalized spacial score (nSPS) is 10.9. The molecule has 1 rings (SSSR count). The average Bonchev–Trinajstić information content (AvgIpc) is 2.11.